The predicted molar refractivity (Wildman–Crippen MR) is 86.8 cm³/mol. The van der Waals surface area contributed by atoms with E-state index in [1.165, 1.54) is 4.88 Å². The van der Waals surface area contributed by atoms with Crippen molar-refractivity contribution in [2.24, 2.45) is 0 Å². The van der Waals surface area contributed by atoms with Crippen LogP contribution in [0.3, 0.4) is 0 Å². The smallest absolute Gasteiger partial charge is 0.137 e. The number of anilines is 1. The molecule has 2 aromatic heterocycles. The van der Waals surface area contributed by atoms with E-state index in [0.29, 0.717) is 11.2 Å². The van der Waals surface area contributed by atoms with Crippen LogP contribution >= 0.6 is 22.9 Å². The lowest BCUT2D eigenvalue weighted by Crippen LogP contribution is -2.21. The van der Waals surface area contributed by atoms with Crippen molar-refractivity contribution >= 4 is 28.8 Å². The fourth-order valence-corrected chi connectivity index (χ4v) is 2.88. The van der Waals surface area contributed by atoms with Gasteiger partial charge in [0.2, 0.25) is 0 Å². The molecule has 0 amide bonds. The van der Waals surface area contributed by atoms with Gasteiger partial charge in [0.1, 0.15) is 16.8 Å². The zero-order valence-electron chi connectivity index (χ0n) is 12.3. The molecule has 0 fully saturated rings. The highest BCUT2D eigenvalue weighted by atomic mass is 35.5. The molecule has 0 radical (unpaired) electrons. The Morgan fingerprint density at radius 2 is 2.10 bits per heavy atom. The van der Waals surface area contributed by atoms with Gasteiger partial charge in [-0.05, 0) is 18.4 Å². The zero-order chi connectivity index (χ0) is 14.8. The van der Waals surface area contributed by atoms with Crippen LogP contribution in [0.2, 0.25) is 5.15 Å². The quantitative estimate of drug-likeness (QED) is 0.843. The number of aromatic nitrogens is 2. The number of halogens is 1. The Morgan fingerprint density at radius 3 is 2.70 bits per heavy atom. The van der Waals surface area contributed by atoms with Crippen molar-refractivity contribution in [2.45, 2.75) is 45.6 Å². The molecule has 108 valence electrons. The van der Waals surface area contributed by atoms with Crippen molar-refractivity contribution < 1.29 is 0 Å². The van der Waals surface area contributed by atoms with Crippen LogP contribution in [-0.4, -0.2) is 16.0 Å². The predicted octanol–water partition coefficient (Wildman–Crippen LogP) is 4.53. The standard InChI is InChI=1S/C15H20ClN3S/c1-10(8-11-6-5-7-20-11)17-13-9-12(16)18-14(19-13)15(2,3)4/h5-7,9-10H,8H2,1-4H3,(H,17,18,19). The molecule has 1 atom stereocenters. The monoisotopic (exact) mass is 309 g/mol. The van der Waals surface area contributed by atoms with E-state index in [0.717, 1.165) is 18.1 Å². The fourth-order valence-electron chi connectivity index (χ4n) is 1.86. The molecule has 0 saturated heterocycles. The maximum Gasteiger partial charge on any atom is 0.137 e. The van der Waals surface area contributed by atoms with Crippen LogP contribution in [-0.2, 0) is 11.8 Å². The minimum absolute atomic E-state index is 0.113. The van der Waals surface area contributed by atoms with Gasteiger partial charge < -0.3 is 5.32 Å². The maximum absolute atomic E-state index is 6.09. The molecular weight excluding hydrogens is 290 g/mol. The van der Waals surface area contributed by atoms with Crippen LogP contribution in [0.25, 0.3) is 0 Å². The Labute approximate surface area is 129 Å². The van der Waals surface area contributed by atoms with E-state index in [4.69, 9.17) is 11.6 Å². The van der Waals surface area contributed by atoms with Gasteiger partial charge in [0.05, 0.1) is 0 Å². The first-order chi connectivity index (χ1) is 9.34. The van der Waals surface area contributed by atoms with E-state index in [1.807, 2.05) is 0 Å². The summed E-state index contributed by atoms with van der Waals surface area (Å²) in [4.78, 5) is 10.2. The summed E-state index contributed by atoms with van der Waals surface area (Å²) in [6.45, 7) is 8.39. The van der Waals surface area contributed by atoms with Crippen molar-refractivity contribution in [2.75, 3.05) is 5.32 Å². The van der Waals surface area contributed by atoms with Gasteiger partial charge >= 0.3 is 0 Å². The van der Waals surface area contributed by atoms with E-state index in [-0.39, 0.29) is 5.41 Å². The minimum Gasteiger partial charge on any atom is -0.367 e. The second-order valence-electron chi connectivity index (χ2n) is 5.98. The summed E-state index contributed by atoms with van der Waals surface area (Å²) in [5.74, 6) is 1.55. The molecule has 0 saturated carbocycles. The van der Waals surface area contributed by atoms with Gasteiger partial charge in [0.25, 0.3) is 0 Å². The fraction of sp³-hybridized carbons (Fsp3) is 0.467. The Bertz CT molecular complexity index is 561. The molecular formula is C15H20ClN3S. The number of hydrogen-bond donors (Lipinski definition) is 1. The van der Waals surface area contributed by atoms with Crippen molar-refractivity contribution in [1.82, 2.24) is 9.97 Å². The Balaban J connectivity index is 2.11. The summed E-state index contributed by atoms with van der Waals surface area (Å²) in [6.07, 6.45) is 0.976. The third-order valence-electron chi connectivity index (χ3n) is 2.85. The summed E-state index contributed by atoms with van der Waals surface area (Å²) in [7, 11) is 0. The lowest BCUT2D eigenvalue weighted by Gasteiger charge is -2.19. The number of nitrogens with zero attached hydrogens (tertiary/aromatic N) is 2. The average molecular weight is 310 g/mol. The third kappa shape index (κ3) is 4.18. The summed E-state index contributed by atoms with van der Waals surface area (Å²) in [5.41, 5.74) is -0.113. The molecule has 0 aliphatic rings. The highest BCUT2D eigenvalue weighted by molar-refractivity contribution is 7.09. The molecule has 20 heavy (non-hydrogen) atoms. The number of rotatable bonds is 4. The van der Waals surface area contributed by atoms with Crippen molar-refractivity contribution in [3.05, 3.63) is 39.4 Å². The van der Waals surface area contributed by atoms with Crippen LogP contribution in [0.5, 0.6) is 0 Å². The highest BCUT2D eigenvalue weighted by Crippen LogP contribution is 2.23. The van der Waals surface area contributed by atoms with Gasteiger partial charge in [-0.25, -0.2) is 9.97 Å². The normalized spacial score (nSPS) is 13.2. The van der Waals surface area contributed by atoms with E-state index in [2.05, 4.69) is 60.5 Å². The Kier molecular flexibility index (Phi) is 4.66. The molecule has 1 unspecified atom stereocenters. The molecule has 3 nitrogen and oxygen atoms in total. The Hall–Kier alpha value is -1.13. The van der Waals surface area contributed by atoms with Crippen LogP contribution in [0, 0.1) is 0 Å². The van der Waals surface area contributed by atoms with Crippen molar-refractivity contribution in [3.8, 4) is 0 Å². The maximum atomic E-state index is 6.09. The van der Waals surface area contributed by atoms with Crippen molar-refractivity contribution in [3.63, 3.8) is 0 Å². The largest absolute Gasteiger partial charge is 0.367 e. The van der Waals surface area contributed by atoms with Gasteiger partial charge in [-0.2, -0.15) is 0 Å². The van der Waals surface area contributed by atoms with Crippen LogP contribution < -0.4 is 5.32 Å². The molecule has 0 aliphatic carbocycles. The van der Waals surface area contributed by atoms with E-state index in [1.54, 1.807) is 17.4 Å². The van der Waals surface area contributed by atoms with E-state index in [9.17, 15) is 0 Å². The van der Waals surface area contributed by atoms with Gasteiger partial charge in [-0.1, -0.05) is 38.4 Å². The average Bonchev–Trinajstić information content (AvgIpc) is 2.79. The number of nitrogens with one attached hydrogen (secondary N) is 1. The van der Waals surface area contributed by atoms with Gasteiger partial charge in [0.15, 0.2) is 0 Å². The Morgan fingerprint density at radius 1 is 1.35 bits per heavy atom. The van der Waals surface area contributed by atoms with E-state index >= 15 is 0 Å². The first kappa shape index (κ1) is 15.3. The van der Waals surface area contributed by atoms with Crippen molar-refractivity contribution in [1.29, 1.82) is 0 Å². The lowest BCUT2D eigenvalue weighted by molar-refractivity contribution is 0.545. The molecule has 0 aromatic carbocycles. The van der Waals surface area contributed by atoms with Gasteiger partial charge in [0, 0.05) is 28.8 Å². The molecule has 2 heterocycles. The third-order valence-corrected chi connectivity index (χ3v) is 3.94. The van der Waals surface area contributed by atoms with Crippen LogP contribution in [0.4, 0.5) is 5.82 Å². The molecule has 1 N–H and O–H groups in total. The van der Waals surface area contributed by atoms with Crippen LogP contribution in [0.15, 0.2) is 23.6 Å². The van der Waals surface area contributed by atoms with Crippen LogP contribution in [0.1, 0.15) is 38.4 Å². The molecule has 5 heteroatoms. The molecule has 0 spiro atoms. The molecule has 0 bridgehead atoms. The summed E-state index contributed by atoms with van der Waals surface area (Å²) >= 11 is 7.87. The second kappa shape index (κ2) is 6.10. The molecule has 2 rings (SSSR count). The topological polar surface area (TPSA) is 37.8 Å². The summed E-state index contributed by atoms with van der Waals surface area (Å²) in [5, 5.41) is 5.99. The zero-order valence-corrected chi connectivity index (χ0v) is 13.8. The molecule has 2 aromatic rings. The first-order valence-corrected chi connectivity index (χ1v) is 7.94. The minimum atomic E-state index is -0.113. The lowest BCUT2D eigenvalue weighted by atomic mass is 9.96. The van der Waals surface area contributed by atoms with Gasteiger partial charge in [-0.3, -0.25) is 0 Å². The first-order valence-electron chi connectivity index (χ1n) is 6.68. The van der Waals surface area contributed by atoms with Gasteiger partial charge in [-0.15, -0.1) is 11.3 Å². The molecule has 0 aliphatic heterocycles. The number of thiophene rings is 1. The summed E-state index contributed by atoms with van der Waals surface area (Å²) in [6, 6.07) is 6.30. The SMILES string of the molecule is CC(Cc1cccs1)Nc1cc(Cl)nc(C(C)(C)C)n1. The van der Waals surface area contributed by atoms with E-state index < -0.39 is 0 Å². The summed E-state index contributed by atoms with van der Waals surface area (Å²) < 4.78 is 0. The highest BCUT2D eigenvalue weighted by Gasteiger charge is 2.19. The number of hydrogen-bond acceptors (Lipinski definition) is 4. The second-order valence-corrected chi connectivity index (χ2v) is 7.40.